The predicted molar refractivity (Wildman–Crippen MR) is 118 cm³/mol. The van der Waals surface area contributed by atoms with Crippen LogP contribution in [0.25, 0.3) is 10.9 Å². The van der Waals surface area contributed by atoms with Gasteiger partial charge < -0.3 is 15.0 Å². The Balaban J connectivity index is 1.49. The average molecular weight is 409 g/mol. The number of para-hydroxylation sites is 1. The van der Waals surface area contributed by atoms with Gasteiger partial charge in [0.25, 0.3) is 0 Å². The van der Waals surface area contributed by atoms with Crippen LogP contribution in [0.15, 0.2) is 53.6 Å². The fourth-order valence-corrected chi connectivity index (χ4v) is 4.20. The zero-order valence-electron chi connectivity index (χ0n) is 16.4. The van der Waals surface area contributed by atoms with Gasteiger partial charge in [0.15, 0.2) is 0 Å². The number of hydrogen-bond acceptors (Lipinski definition) is 6. The lowest BCUT2D eigenvalue weighted by Gasteiger charge is -2.27. The van der Waals surface area contributed by atoms with Crippen molar-refractivity contribution in [2.45, 2.75) is 24.3 Å². The molecular weight excluding hydrogens is 384 g/mol. The van der Waals surface area contributed by atoms with Crippen molar-refractivity contribution in [3.8, 4) is 5.75 Å². The van der Waals surface area contributed by atoms with Crippen LogP contribution in [0.1, 0.15) is 19.3 Å². The van der Waals surface area contributed by atoms with E-state index >= 15 is 0 Å². The Hall–Kier alpha value is -2.80. The zero-order chi connectivity index (χ0) is 20.1. The molecule has 7 heteroatoms. The minimum Gasteiger partial charge on any atom is -0.497 e. The Morgan fingerprint density at radius 1 is 1.07 bits per heavy atom. The molecule has 0 radical (unpaired) electrons. The van der Waals surface area contributed by atoms with Crippen molar-refractivity contribution < 1.29 is 9.53 Å². The number of nitrogens with zero attached hydrogens (tertiary/aromatic N) is 3. The summed E-state index contributed by atoms with van der Waals surface area (Å²) < 4.78 is 5.15. The van der Waals surface area contributed by atoms with Crippen molar-refractivity contribution in [3.05, 3.63) is 48.5 Å². The summed E-state index contributed by atoms with van der Waals surface area (Å²) in [5, 5.41) is 4.75. The first-order valence-electron chi connectivity index (χ1n) is 9.81. The molecule has 3 aromatic rings. The van der Waals surface area contributed by atoms with Crippen LogP contribution in [0, 0.1) is 0 Å². The van der Waals surface area contributed by atoms with Gasteiger partial charge in [-0.2, -0.15) is 0 Å². The number of methoxy groups -OCH3 is 1. The van der Waals surface area contributed by atoms with Crippen LogP contribution in [0.5, 0.6) is 5.75 Å². The van der Waals surface area contributed by atoms with Gasteiger partial charge in [0.05, 0.1) is 18.4 Å². The van der Waals surface area contributed by atoms with Gasteiger partial charge in [0.2, 0.25) is 11.9 Å². The number of anilines is 2. The van der Waals surface area contributed by atoms with Crippen molar-refractivity contribution in [2.75, 3.05) is 36.2 Å². The molecular formula is C22H24N4O2S. The number of carbonyl (C=O) groups is 1. The SMILES string of the molecule is COc1ccc(NC(=O)CSc2nc(N3CCCCC3)nc3ccccc23)cc1. The predicted octanol–water partition coefficient (Wildman–Crippen LogP) is 4.36. The van der Waals surface area contributed by atoms with E-state index in [0.29, 0.717) is 0 Å². The smallest absolute Gasteiger partial charge is 0.234 e. The Morgan fingerprint density at radius 3 is 2.59 bits per heavy atom. The molecule has 0 bridgehead atoms. The molecule has 0 spiro atoms. The summed E-state index contributed by atoms with van der Waals surface area (Å²) in [7, 11) is 1.62. The lowest BCUT2D eigenvalue weighted by Crippen LogP contribution is -2.31. The van der Waals surface area contributed by atoms with Crippen molar-refractivity contribution in [2.24, 2.45) is 0 Å². The Morgan fingerprint density at radius 2 is 1.83 bits per heavy atom. The van der Waals surface area contributed by atoms with E-state index in [1.54, 1.807) is 7.11 Å². The van der Waals surface area contributed by atoms with Crippen molar-refractivity contribution >= 4 is 40.2 Å². The fraction of sp³-hybridized carbons (Fsp3) is 0.318. The van der Waals surface area contributed by atoms with E-state index < -0.39 is 0 Å². The molecule has 0 saturated carbocycles. The third-order valence-electron chi connectivity index (χ3n) is 4.91. The molecule has 29 heavy (non-hydrogen) atoms. The first-order valence-corrected chi connectivity index (χ1v) is 10.8. The molecule has 1 aliphatic heterocycles. The second-order valence-electron chi connectivity index (χ2n) is 6.96. The number of hydrogen-bond donors (Lipinski definition) is 1. The molecule has 1 aromatic heterocycles. The number of thioether (sulfide) groups is 1. The number of ether oxygens (including phenoxy) is 1. The van der Waals surface area contributed by atoms with Gasteiger partial charge in [-0.3, -0.25) is 4.79 Å². The highest BCUT2D eigenvalue weighted by molar-refractivity contribution is 8.00. The Kier molecular flexibility index (Phi) is 6.14. The number of piperidine rings is 1. The quantitative estimate of drug-likeness (QED) is 0.483. The van der Waals surface area contributed by atoms with Gasteiger partial charge in [0, 0.05) is 24.2 Å². The van der Waals surface area contributed by atoms with E-state index in [2.05, 4.69) is 10.2 Å². The minimum absolute atomic E-state index is 0.0672. The number of rotatable bonds is 6. The molecule has 6 nitrogen and oxygen atoms in total. The van der Waals surface area contributed by atoms with Gasteiger partial charge >= 0.3 is 0 Å². The highest BCUT2D eigenvalue weighted by atomic mass is 32.2. The molecule has 0 unspecified atom stereocenters. The average Bonchev–Trinajstić information content (AvgIpc) is 2.78. The standard InChI is InChI=1S/C22H24N4O2S/c1-28-17-11-9-16(10-12-17)23-20(27)15-29-21-18-7-3-4-8-19(18)24-22(25-21)26-13-5-2-6-14-26/h3-4,7-12H,2,5-6,13-15H2,1H3,(H,23,27). The number of amides is 1. The largest absolute Gasteiger partial charge is 0.497 e. The summed E-state index contributed by atoms with van der Waals surface area (Å²) in [4.78, 5) is 24.3. The number of carbonyl (C=O) groups excluding carboxylic acids is 1. The number of nitrogens with one attached hydrogen (secondary N) is 1. The minimum atomic E-state index is -0.0672. The third-order valence-corrected chi connectivity index (χ3v) is 5.90. The molecule has 4 rings (SSSR count). The molecule has 1 N–H and O–H groups in total. The normalized spacial score (nSPS) is 14.0. The third kappa shape index (κ3) is 4.79. The van der Waals surface area contributed by atoms with E-state index in [-0.39, 0.29) is 11.7 Å². The monoisotopic (exact) mass is 408 g/mol. The van der Waals surface area contributed by atoms with Crippen molar-refractivity contribution in [1.82, 2.24) is 9.97 Å². The van der Waals surface area contributed by atoms with Gasteiger partial charge in [0.1, 0.15) is 10.8 Å². The van der Waals surface area contributed by atoms with E-state index in [1.807, 2.05) is 48.5 Å². The van der Waals surface area contributed by atoms with Crippen LogP contribution in [0.3, 0.4) is 0 Å². The maximum Gasteiger partial charge on any atom is 0.234 e. The summed E-state index contributed by atoms with van der Waals surface area (Å²) in [6.07, 6.45) is 3.60. The molecule has 2 aromatic carbocycles. The zero-order valence-corrected chi connectivity index (χ0v) is 17.2. The molecule has 0 aliphatic carbocycles. The number of aromatic nitrogens is 2. The highest BCUT2D eigenvalue weighted by Gasteiger charge is 2.17. The molecule has 150 valence electrons. The molecule has 1 aliphatic rings. The summed E-state index contributed by atoms with van der Waals surface area (Å²) in [5.41, 5.74) is 1.67. The van der Waals surface area contributed by atoms with Crippen molar-refractivity contribution in [3.63, 3.8) is 0 Å². The second-order valence-corrected chi connectivity index (χ2v) is 7.92. The van der Waals surface area contributed by atoms with Gasteiger partial charge in [-0.25, -0.2) is 9.97 Å². The lowest BCUT2D eigenvalue weighted by molar-refractivity contribution is -0.113. The molecule has 1 saturated heterocycles. The van der Waals surface area contributed by atoms with Gasteiger partial charge in [-0.15, -0.1) is 0 Å². The second kappa shape index (κ2) is 9.13. The summed E-state index contributed by atoms with van der Waals surface area (Å²) >= 11 is 1.45. The maximum absolute atomic E-state index is 12.4. The number of benzene rings is 2. The van der Waals surface area contributed by atoms with Crippen LogP contribution in [-0.2, 0) is 4.79 Å². The molecule has 1 amide bonds. The van der Waals surface area contributed by atoms with Crippen LogP contribution >= 0.6 is 11.8 Å². The van der Waals surface area contributed by atoms with E-state index in [0.717, 1.165) is 46.4 Å². The summed E-state index contributed by atoms with van der Waals surface area (Å²) in [6.45, 7) is 1.97. The summed E-state index contributed by atoms with van der Waals surface area (Å²) in [5.74, 6) is 1.74. The van der Waals surface area contributed by atoms with Crippen LogP contribution < -0.4 is 15.0 Å². The first kappa shape index (κ1) is 19.5. The lowest BCUT2D eigenvalue weighted by atomic mass is 10.1. The van der Waals surface area contributed by atoms with E-state index in [4.69, 9.17) is 14.7 Å². The van der Waals surface area contributed by atoms with Crippen LogP contribution in [0.2, 0.25) is 0 Å². The van der Waals surface area contributed by atoms with Gasteiger partial charge in [-0.05, 0) is 49.6 Å². The van der Waals surface area contributed by atoms with E-state index in [9.17, 15) is 4.79 Å². The molecule has 0 atom stereocenters. The van der Waals surface area contributed by atoms with Gasteiger partial charge in [-0.1, -0.05) is 30.0 Å². The molecule has 2 heterocycles. The van der Waals surface area contributed by atoms with Crippen LogP contribution in [0.4, 0.5) is 11.6 Å². The Bertz CT molecular complexity index is 988. The van der Waals surface area contributed by atoms with Crippen molar-refractivity contribution in [1.29, 1.82) is 0 Å². The van der Waals surface area contributed by atoms with E-state index in [1.165, 1.54) is 31.0 Å². The van der Waals surface area contributed by atoms with Crippen LogP contribution in [-0.4, -0.2) is 41.8 Å². The maximum atomic E-state index is 12.4. The number of fused-ring (bicyclic) bond motifs is 1. The fourth-order valence-electron chi connectivity index (χ4n) is 3.39. The Labute approximate surface area is 174 Å². The summed E-state index contributed by atoms with van der Waals surface area (Å²) in [6, 6.07) is 15.3. The molecule has 1 fully saturated rings. The first-order chi connectivity index (χ1) is 14.2. The highest BCUT2D eigenvalue weighted by Crippen LogP contribution is 2.28. The topological polar surface area (TPSA) is 67.3 Å².